The SMILES string of the molecule is CC1=C(c2ccc(F)cc2Cl)C(c2ccc(OCCN3CC(CF)C3)cc2)Oc2ccc(O)cc21. The Labute approximate surface area is 208 Å². The van der Waals surface area contributed by atoms with Gasteiger partial charge in [-0.3, -0.25) is 9.29 Å². The molecule has 3 aromatic rings. The molecular formula is C28H26ClF2NO3. The van der Waals surface area contributed by atoms with Gasteiger partial charge in [0.25, 0.3) is 0 Å². The average Bonchev–Trinajstić information content (AvgIpc) is 2.82. The zero-order valence-corrected chi connectivity index (χ0v) is 20.1. The number of likely N-dealkylation sites (tertiary alicyclic amines) is 1. The van der Waals surface area contributed by atoms with Crippen molar-refractivity contribution in [2.45, 2.75) is 13.0 Å². The van der Waals surface area contributed by atoms with Crippen LogP contribution in [-0.4, -0.2) is 42.9 Å². The first-order valence-corrected chi connectivity index (χ1v) is 12.0. The van der Waals surface area contributed by atoms with Gasteiger partial charge in [-0.05, 0) is 60.5 Å². The number of nitrogens with zero attached hydrogens (tertiary/aromatic N) is 1. The lowest BCUT2D eigenvalue weighted by molar-refractivity contribution is 0.0668. The molecule has 2 aliphatic heterocycles. The number of benzene rings is 3. The lowest BCUT2D eigenvalue weighted by Gasteiger charge is -2.37. The fourth-order valence-corrected chi connectivity index (χ4v) is 4.98. The molecule has 182 valence electrons. The highest BCUT2D eigenvalue weighted by molar-refractivity contribution is 6.32. The number of hydrogen-bond acceptors (Lipinski definition) is 4. The molecule has 0 spiro atoms. The number of halogens is 3. The maximum atomic E-state index is 13.8. The van der Waals surface area contributed by atoms with Crippen LogP contribution in [0.25, 0.3) is 11.1 Å². The Morgan fingerprint density at radius 1 is 1.06 bits per heavy atom. The van der Waals surface area contributed by atoms with Gasteiger partial charge >= 0.3 is 0 Å². The van der Waals surface area contributed by atoms with Crippen molar-refractivity contribution in [1.82, 2.24) is 4.90 Å². The standard InChI is InChI=1S/C28H26ClF2NO3/c1-17-24-13-21(33)5-9-26(24)35-28(27(17)23-8-4-20(31)12-25(23)29)19-2-6-22(7-3-19)34-11-10-32-15-18(14-30)16-32/h2-9,12-13,18,28,33H,10-11,14-16H2,1H3. The van der Waals surface area contributed by atoms with Gasteiger partial charge in [-0.15, -0.1) is 0 Å². The van der Waals surface area contributed by atoms with E-state index >= 15 is 0 Å². The monoisotopic (exact) mass is 497 g/mol. The minimum absolute atomic E-state index is 0.134. The topological polar surface area (TPSA) is 41.9 Å². The summed E-state index contributed by atoms with van der Waals surface area (Å²) < 4.78 is 38.6. The van der Waals surface area contributed by atoms with Crippen LogP contribution in [0.4, 0.5) is 8.78 Å². The molecule has 7 heteroatoms. The predicted octanol–water partition coefficient (Wildman–Crippen LogP) is 6.53. The van der Waals surface area contributed by atoms with E-state index in [0.29, 0.717) is 17.9 Å². The second kappa shape index (κ2) is 9.88. The normalized spacial score (nSPS) is 18.1. The van der Waals surface area contributed by atoms with Crippen molar-refractivity contribution in [1.29, 1.82) is 0 Å². The lowest BCUT2D eigenvalue weighted by atomic mass is 9.86. The first-order valence-electron chi connectivity index (χ1n) is 11.6. The number of aromatic hydroxyl groups is 1. The van der Waals surface area contributed by atoms with Crippen molar-refractivity contribution in [3.63, 3.8) is 0 Å². The van der Waals surface area contributed by atoms with Gasteiger partial charge in [0.05, 0.1) is 11.7 Å². The summed E-state index contributed by atoms with van der Waals surface area (Å²) in [6.07, 6.45) is -0.484. The van der Waals surface area contributed by atoms with Gasteiger partial charge in [0, 0.05) is 42.3 Å². The summed E-state index contributed by atoms with van der Waals surface area (Å²) in [7, 11) is 0. The molecule has 2 aliphatic rings. The Balaban J connectivity index is 1.40. The second-order valence-electron chi connectivity index (χ2n) is 9.04. The molecule has 0 saturated carbocycles. The van der Waals surface area contributed by atoms with E-state index in [4.69, 9.17) is 21.1 Å². The van der Waals surface area contributed by atoms with E-state index in [1.807, 2.05) is 31.2 Å². The van der Waals surface area contributed by atoms with Crippen LogP contribution in [0.5, 0.6) is 17.2 Å². The maximum Gasteiger partial charge on any atom is 0.150 e. The van der Waals surface area contributed by atoms with E-state index in [1.54, 1.807) is 24.3 Å². The van der Waals surface area contributed by atoms with E-state index < -0.39 is 11.9 Å². The summed E-state index contributed by atoms with van der Waals surface area (Å²) in [5.74, 6) is 1.27. The number of phenolic OH excluding ortho intramolecular Hbond substituents is 1. The molecule has 1 fully saturated rings. The van der Waals surface area contributed by atoms with Gasteiger partial charge in [0.2, 0.25) is 0 Å². The van der Waals surface area contributed by atoms with Crippen molar-refractivity contribution in [2.24, 2.45) is 5.92 Å². The van der Waals surface area contributed by atoms with Gasteiger partial charge in [-0.25, -0.2) is 4.39 Å². The van der Waals surface area contributed by atoms with Crippen LogP contribution >= 0.6 is 11.6 Å². The highest BCUT2D eigenvalue weighted by Crippen LogP contribution is 2.48. The number of hydrogen-bond donors (Lipinski definition) is 1. The third-order valence-corrected chi connectivity index (χ3v) is 6.92. The highest BCUT2D eigenvalue weighted by Gasteiger charge is 2.31. The van der Waals surface area contributed by atoms with Crippen molar-refractivity contribution in [3.05, 3.63) is 88.2 Å². The fraction of sp³-hybridized carbons (Fsp3) is 0.286. The Hall–Kier alpha value is -3.09. The van der Waals surface area contributed by atoms with Gasteiger partial charge in [0.1, 0.15) is 35.8 Å². The summed E-state index contributed by atoms with van der Waals surface area (Å²) >= 11 is 6.46. The van der Waals surface area contributed by atoms with E-state index in [1.165, 1.54) is 12.1 Å². The Morgan fingerprint density at radius 3 is 2.54 bits per heavy atom. The predicted molar refractivity (Wildman–Crippen MR) is 133 cm³/mol. The van der Waals surface area contributed by atoms with Crippen molar-refractivity contribution >= 4 is 22.7 Å². The van der Waals surface area contributed by atoms with Gasteiger partial charge in [-0.2, -0.15) is 0 Å². The van der Waals surface area contributed by atoms with E-state index in [0.717, 1.165) is 47.7 Å². The number of ether oxygens (including phenoxy) is 2. The van der Waals surface area contributed by atoms with Crippen molar-refractivity contribution < 1.29 is 23.4 Å². The number of phenols is 1. The number of alkyl halides is 1. The Morgan fingerprint density at radius 2 is 1.83 bits per heavy atom. The molecule has 4 nitrogen and oxygen atoms in total. The third-order valence-electron chi connectivity index (χ3n) is 6.61. The molecule has 5 rings (SSSR count). The summed E-state index contributed by atoms with van der Waals surface area (Å²) in [5.41, 5.74) is 4.02. The Bertz CT molecular complexity index is 1260. The van der Waals surface area contributed by atoms with Gasteiger partial charge in [-0.1, -0.05) is 29.8 Å². The number of allylic oxidation sites excluding steroid dienone is 1. The lowest BCUT2D eigenvalue weighted by Crippen LogP contribution is -2.49. The van der Waals surface area contributed by atoms with E-state index in [9.17, 15) is 13.9 Å². The largest absolute Gasteiger partial charge is 0.508 e. The van der Waals surface area contributed by atoms with E-state index in [2.05, 4.69) is 4.90 Å². The minimum atomic E-state index is -0.484. The van der Waals surface area contributed by atoms with Crippen LogP contribution in [0.3, 0.4) is 0 Å². The minimum Gasteiger partial charge on any atom is -0.508 e. The van der Waals surface area contributed by atoms with Crippen molar-refractivity contribution in [2.75, 3.05) is 32.9 Å². The summed E-state index contributed by atoms with van der Waals surface area (Å²) in [6, 6.07) is 17.0. The van der Waals surface area contributed by atoms with Crippen LogP contribution in [0.15, 0.2) is 60.7 Å². The molecule has 0 aliphatic carbocycles. The second-order valence-corrected chi connectivity index (χ2v) is 9.45. The molecule has 1 unspecified atom stereocenters. The summed E-state index contributed by atoms with van der Waals surface area (Å²) in [6.45, 7) is 4.57. The first-order chi connectivity index (χ1) is 16.9. The molecule has 0 amide bonds. The molecule has 0 radical (unpaired) electrons. The molecular weight excluding hydrogens is 472 g/mol. The molecule has 35 heavy (non-hydrogen) atoms. The van der Waals surface area contributed by atoms with Gasteiger partial charge < -0.3 is 14.6 Å². The molecule has 3 aromatic carbocycles. The zero-order valence-electron chi connectivity index (χ0n) is 19.3. The van der Waals surface area contributed by atoms with Crippen LogP contribution in [0.1, 0.15) is 29.7 Å². The summed E-state index contributed by atoms with van der Waals surface area (Å²) in [4.78, 5) is 2.18. The average molecular weight is 498 g/mol. The first kappa shape index (κ1) is 23.6. The summed E-state index contributed by atoms with van der Waals surface area (Å²) in [5, 5.41) is 10.3. The van der Waals surface area contributed by atoms with Gasteiger partial charge in [0.15, 0.2) is 0 Å². The highest BCUT2D eigenvalue weighted by atomic mass is 35.5. The molecule has 0 bridgehead atoms. The molecule has 0 aromatic heterocycles. The van der Waals surface area contributed by atoms with Crippen LogP contribution in [0, 0.1) is 11.7 Å². The van der Waals surface area contributed by atoms with Crippen LogP contribution < -0.4 is 9.47 Å². The zero-order chi connectivity index (χ0) is 24.5. The number of rotatable bonds is 7. The Kier molecular flexibility index (Phi) is 6.67. The molecule has 1 saturated heterocycles. The van der Waals surface area contributed by atoms with Crippen LogP contribution in [-0.2, 0) is 0 Å². The third kappa shape index (κ3) is 4.86. The molecule has 2 heterocycles. The maximum absolute atomic E-state index is 13.8. The van der Waals surface area contributed by atoms with E-state index in [-0.39, 0.29) is 23.4 Å². The van der Waals surface area contributed by atoms with Crippen molar-refractivity contribution in [3.8, 4) is 17.2 Å². The number of fused-ring (bicyclic) bond motifs is 1. The fourth-order valence-electron chi connectivity index (χ4n) is 4.72. The molecule has 1 N–H and O–H groups in total. The smallest absolute Gasteiger partial charge is 0.150 e. The quantitative estimate of drug-likeness (QED) is 0.403. The van der Waals surface area contributed by atoms with Crippen LogP contribution in [0.2, 0.25) is 5.02 Å². The molecule has 1 atom stereocenters.